The summed E-state index contributed by atoms with van der Waals surface area (Å²) in [6, 6.07) is 5.65. The first-order chi connectivity index (χ1) is 16.4. The van der Waals surface area contributed by atoms with Crippen molar-refractivity contribution in [2.75, 3.05) is 25.4 Å². The lowest BCUT2D eigenvalue weighted by atomic mass is 9.72. The Hall–Kier alpha value is -3.16. The highest BCUT2D eigenvalue weighted by Crippen LogP contribution is 2.29. The zero-order valence-electron chi connectivity index (χ0n) is 19.0. The van der Waals surface area contributed by atoms with Crippen LogP contribution in [0.5, 0.6) is 5.75 Å². The Morgan fingerprint density at radius 1 is 1.38 bits per heavy atom. The van der Waals surface area contributed by atoms with E-state index >= 15 is 0 Å². The van der Waals surface area contributed by atoms with Crippen molar-refractivity contribution >= 4 is 41.1 Å². The van der Waals surface area contributed by atoms with Gasteiger partial charge >= 0.3 is 7.12 Å². The van der Waals surface area contributed by atoms with E-state index in [-0.39, 0.29) is 29.1 Å². The van der Waals surface area contributed by atoms with Gasteiger partial charge in [-0.15, -0.1) is 11.3 Å². The van der Waals surface area contributed by atoms with E-state index in [1.54, 1.807) is 5.38 Å². The van der Waals surface area contributed by atoms with Crippen LogP contribution in [0.3, 0.4) is 0 Å². The standard InChI is InChI=1S/C21H29BN6O5S/c1-13-6-5-7-14-10-16(22(31)33-19(13)14)27-20(30)18(15-12-34-21(24)26-15)28-32-11-17(29)25-9-4-2-3-8-23/h5-7,12,16,31H,2-4,8-11,23H2,1H3,(H2,24,26)(H,25,29)(H,27,30)/b28-18-/t16-/m0/s1. The van der Waals surface area contributed by atoms with Gasteiger partial charge in [-0.05, 0) is 43.9 Å². The largest absolute Gasteiger partial charge is 0.547 e. The van der Waals surface area contributed by atoms with E-state index in [4.69, 9.17) is 21.0 Å². The average molecular weight is 488 g/mol. The minimum absolute atomic E-state index is 0.161. The van der Waals surface area contributed by atoms with Crippen molar-refractivity contribution in [3.8, 4) is 5.75 Å². The van der Waals surface area contributed by atoms with Crippen molar-refractivity contribution in [3.05, 3.63) is 40.4 Å². The number of nitrogens with two attached hydrogens (primary N) is 2. The van der Waals surface area contributed by atoms with E-state index in [2.05, 4.69) is 20.8 Å². The number of fused-ring (bicyclic) bond motifs is 1. The van der Waals surface area contributed by atoms with Crippen molar-refractivity contribution < 1.29 is 24.1 Å². The number of oxime groups is 1. The molecule has 0 aliphatic carbocycles. The molecule has 1 aromatic carbocycles. The van der Waals surface area contributed by atoms with Crippen LogP contribution in [0, 0.1) is 6.92 Å². The van der Waals surface area contributed by atoms with Crippen LogP contribution in [0.4, 0.5) is 5.13 Å². The number of nitrogens with zero attached hydrogens (tertiary/aromatic N) is 2. The number of aryl methyl sites for hydroxylation is 1. The number of anilines is 1. The van der Waals surface area contributed by atoms with Gasteiger partial charge in [-0.25, -0.2) is 4.98 Å². The molecule has 13 heteroatoms. The molecule has 3 rings (SSSR count). The molecule has 2 aromatic rings. The molecule has 182 valence electrons. The zero-order chi connectivity index (χ0) is 24.5. The molecule has 0 unspecified atom stereocenters. The molecule has 0 saturated heterocycles. The number of amides is 2. The molecule has 11 nitrogen and oxygen atoms in total. The summed E-state index contributed by atoms with van der Waals surface area (Å²) in [5.41, 5.74) is 12.9. The molecule has 0 spiro atoms. The first-order valence-corrected chi connectivity index (χ1v) is 11.9. The molecule has 7 N–H and O–H groups in total. The lowest BCUT2D eigenvalue weighted by molar-refractivity contribution is -0.126. The van der Waals surface area contributed by atoms with Gasteiger partial charge in [0.05, 0.1) is 5.94 Å². The summed E-state index contributed by atoms with van der Waals surface area (Å²) in [6.45, 7) is 2.64. The summed E-state index contributed by atoms with van der Waals surface area (Å²) < 4.78 is 5.62. The molecule has 0 bridgehead atoms. The van der Waals surface area contributed by atoms with Crippen LogP contribution in [0.25, 0.3) is 0 Å². The highest BCUT2D eigenvalue weighted by atomic mass is 32.1. The number of thiazole rings is 1. The van der Waals surface area contributed by atoms with Crippen LogP contribution in [-0.2, 0) is 20.8 Å². The molecule has 0 saturated carbocycles. The highest BCUT2D eigenvalue weighted by molar-refractivity contribution is 7.13. The Balaban J connectivity index is 1.63. The summed E-state index contributed by atoms with van der Waals surface area (Å²) in [5.74, 6) is -1.12. The lowest BCUT2D eigenvalue weighted by Crippen LogP contribution is -2.54. The van der Waals surface area contributed by atoms with Gasteiger partial charge in [0.15, 0.2) is 17.5 Å². The summed E-state index contributed by atoms with van der Waals surface area (Å²) in [7, 11) is -1.25. The Bertz CT molecular complexity index is 1030. The molecule has 34 heavy (non-hydrogen) atoms. The maximum absolute atomic E-state index is 13.0. The van der Waals surface area contributed by atoms with Crippen LogP contribution in [-0.4, -0.2) is 60.3 Å². The van der Waals surface area contributed by atoms with E-state index in [9.17, 15) is 14.6 Å². The number of hydrogen-bond donors (Lipinski definition) is 5. The fourth-order valence-corrected chi connectivity index (χ4v) is 3.97. The SMILES string of the molecule is Cc1cccc2c1OB(O)[C@@H](NC(=O)/C(=N\OCC(=O)NCCCCCN)c1csc(N)n1)C2. The minimum atomic E-state index is -1.25. The molecule has 1 aliphatic rings. The number of carbonyl (C=O) groups excluding carboxylic acids is 2. The minimum Gasteiger partial charge on any atom is -0.534 e. The van der Waals surface area contributed by atoms with E-state index < -0.39 is 19.0 Å². The fraction of sp³-hybridized carbons (Fsp3) is 0.429. The summed E-state index contributed by atoms with van der Waals surface area (Å²) in [6.07, 6.45) is 3.00. The van der Waals surface area contributed by atoms with Gasteiger partial charge in [0.25, 0.3) is 11.8 Å². The van der Waals surface area contributed by atoms with Gasteiger partial charge < -0.3 is 36.6 Å². The number of hydrogen-bond acceptors (Lipinski definition) is 10. The molecule has 1 aromatic heterocycles. The normalized spacial score (nSPS) is 15.3. The molecule has 2 heterocycles. The zero-order valence-corrected chi connectivity index (χ0v) is 19.8. The number of benzene rings is 1. The van der Waals surface area contributed by atoms with Crippen LogP contribution >= 0.6 is 11.3 Å². The number of para-hydroxylation sites is 1. The molecule has 1 atom stereocenters. The van der Waals surface area contributed by atoms with Gasteiger partial charge in [-0.3, -0.25) is 9.59 Å². The van der Waals surface area contributed by atoms with Crippen molar-refractivity contribution in [3.63, 3.8) is 0 Å². The van der Waals surface area contributed by atoms with Gasteiger partial charge in [-0.1, -0.05) is 29.8 Å². The molecular weight excluding hydrogens is 459 g/mol. The molecule has 1 aliphatic heterocycles. The third kappa shape index (κ3) is 6.92. The number of rotatable bonds is 11. The maximum atomic E-state index is 13.0. The third-order valence-electron chi connectivity index (χ3n) is 5.17. The predicted octanol–water partition coefficient (Wildman–Crippen LogP) is 0.139. The fourth-order valence-electron chi connectivity index (χ4n) is 3.42. The van der Waals surface area contributed by atoms with Crippen LogP contribution in [0.15, 0.2) is 28.7 Å². The first-order valence-electron chi connectivity index (χ1n) is 11.0. The first kappa shape index (κ1) is 25.5. The third-order valence-corrected chi connectivity index (χ3v) is 5.84. The number of aromatic nitrogens is 1. The lowest BCUT2D eigenvalue weighted by Gasteiger charge is -2.29. The number of nitrogens with one attached hydrogen (secondary N) is 2. The molecule has 2 amide bonds. The number of nitrogen functional groups attached to an aromatic ring is 1. The van der Waals surface area contributed by atoms with Gasteiger partial charge in [0.2, 0.25) is 0 Å². The summed E-state index contributed by atoms with van der Waals surface area (Å²) in [4.78, 5) is 34.2. The number of unbranched alkanes of at least 4 members (excludes halogenated alkanes) is 2. The maximum Gasteiger partial charge on any atom is 0.547 e. The smallest absolute Gasteiger partial charge is 0.534 e. The summed E-state index contributed by atoms with van der Waals surface area (Å²) >= 11 is 1.13. The highest BCUT2D eigenvalue weighted by Gasteiger charge is 2.37. The van der Waals surface area contributed by atoms with Crippen molar-refractivity contribution in [2.24, 2.45) is 10.9 Å². The second-order valence-electron chi connectivity index (χ2n) is 7.84. The van der Waals surface area contributed by atoms with Crippen LogP contribution < -0.4 is 26.8 Å². The second kappa shape index (κ2) is 12.3. The van der Waals surface area contributed by atoms with Crippen molar-refractivity contribution in [1.29, 1.82) is 0 Å². The quantitative estimate of drug-likeness (QED) is 0.128. The Morgan fingerprint density at radius 2 is 2.21 bits per heavy atom. The van der Waals surface area contributed by atoms with E-state index in [0.717, 1.165) is 41.7 Å². The Morgan fingerprint density at radius 3 is 2.94 bits per heavy atom. The monoisotopic (exact) mass is 488 g/mol. The van der Waals surface area contributed by atoms with Crippen molar-refractivity contribution in [1.82, 2.24) is 15.6 Å². The van der Waals surface area contributed by atoms with Gasteiger partial charge in [0.1, 0.15) is 11.4 Å². The molecule has 0 radical (unpaired) electrons. The van der Waals surface area contributed by atoms with Gasteiger partial charge in [-0.2, -0.15) is 0 Å². The van der Waals surface area contributed by atoms with Crippen LogP contribution in [0.2, 0.25) is 0 Å². The molecule has 0 fully saturated rings. The van der Waals surface area contributed by atoms with E-state index in [0.29, 0.717) is 25.3 Å². The predicted molar refractivity (Wildman–Crippen MR) is 130 cm³/mol. The van der Waals surface area contributed by atoms with E-state index in [1.807, 2.05) is 25.1 Å². The van der Waals surface area contributed by atoms with Crippen LogP contribution in [0.1, 0.15) is 36.1 Å². The number of carbonyl (C=O) groups is 2. The van der Waals surface area contributed by atoms with E-state index in [1.165, 1.54) is 0 Å². The summed E-state index contributed by atoms with van der Waals surface area (Å²) in [5, 5.41) is 21.5. The van der Waals surface area contributed by atoms with Crippen molar-refractivity contribution in [2.45, 2.75) is 38.5 Å². The van der Waals surface area contributed by atoms with Gasteiger partial charge in [0, 0.05) is 11.9 Å². The Labute approximate surface area is 202 Å². The average Bonchev–Trinajstić information content (AvgIpc) is 3.23. The molecular formula is C21H29BN6O5S. The topological polar surface area (TPSA) is 174 Å². The Kier molecular flexibility index (Phi) is 9.25. The second-order valence-corrected chi connectivity index (χ2v) is 8.73.